The van der Waals surface area contributed by atoms with Gasteiger partial charge in [-0.15, -0.1) is 0 Å². The van der Waals surface area contributed by atoms with Gasteiger partial charge in [0.1, 0.15) is 17.5 Å². The third kappa shape index (κ3) is 3.93. The summed E-state index contributed by atoms with van der Waals surface area (Å²) in [6.45, 7) is 0. The first kappa shape index (κ1) is 19.2. The minimum atomic E-state index is -4.64. The zero-order valence-electron chi connectivity index (χ0n) is 13.4. The lowest BCUT2D eigenvalue weighted by Gasteiger charge is -2.20. The Labute approximate surface area is 154 Å². The third-order valence-electron chi connectivity index (χ3n) is 3.76. The van der Waals surface area contributed by atoms with Crippen LogP contribution in [0.1, 0.15) is 18.3 Å². The first-order valence-corrected chi connectivity index (χ1v) is 7.94. The molecular weight excluding hydrogens is 393 g/mol. The Hall–Kier alpha value is -2.52. The molecule has 0 bridgehead atoms. The van der Waals surface area contributed by atoms with Crippen LogP contribution in [0, 0.1) is 11.6 Å². The Morgan fingerprint density at radius 1 is 1.15 bits per heavy atom. The fraction of sp³-hybridized carbons (Fsp3) is 0.176. The van der Waals surface area contributed by atoms with E-state index >= 15 is 0 Å². The molecule has 142 valence electrons. The van der Waals surface area contributed by atoms with Gasteiger partial charge in [0.25, 0.3) is 5.56 Å². The monoisotopic (exact) mass is 403 g/mol. The van der Waals surface area contributed by atoms with Crippen molar-refractivity contribution in [3.05, 3.63) is 69.2 Å². The highest BCUT2D eigenvalue weighted by Gasteiger charge is 2.33. The maximum Gasteiger partial charge on any atom is 0.391 e. The molecule has 0 spiro atoms. The average Bonchev–Trinajstić information content (AvgIpc) is 2.51. The predicted molar refractivity (Wildman–Crippen MR) is 89.9 cm³/mol. The number of hydrogen-bond donors (Lipinski definition) is 1. The number of halogens is 6. The second kappa shape index (κ2) is 6.90. The molecule has 1 atom stereocenters. The summed E-state index contributed by atoms with van der Waals surface area (Å²) in [6.07, 6.45) is -6.12. The summed E-state index contributed by atoms with van der Waals surface area (Å²) in [5.41, 5.74) is 4.42. The van der Waals surface area contributed by atoms with E-state index in [1.165, 1.54) is 18.2 Å². The Bertz CT molecular complexity index is 1060. The summed E-state index contributed by atoms with van der Waals surface area (Å²) in [6, 6.07) is 4.62. The molecule has 1 heterocycles. The molecule has 4 nitrogen and oxygen atoms in total. The third-order valence-corrected chi connectivity index (χ3v) is 4.08. The molecule has 1 aromatic heterocycles. The maximum atomic E-state index is 13.6. The number of rotatable bonds is 3. The van der Waals surface area contributed by atoms with Crippen LogP contribution in [0.3, 0.4) is 0 Å². The van der Waals surface area contributed by atoms with Crippen LogP contribution in [-0.4, -0.2) is 15.7 Å². The van der Waals surface area contributed by atoms with Gasteiger partial charge in [0.05, 0.1) is 34.1 Å². The lowest BCUT2D eigenvalue weighted by molar-refractivity contribution is -0.139. The van der Waals surface area contributed by atoms with E-state index in [2.05, 4.69) is 4.98 Å². The molecule has 2 aromatic carbocycles. The fourth-order valence-electron chi connectivity index (χ4n) is 2.71. The highest BCUT2D eigenvalue weighted by molar-refractivity contribution is 6.35. The quantitative estimate of drug-likeness (QED) is 0.664. The van der Waals surface area contributed by atoms with Crippen molar-refractivity contribution in [3.8, 4) is 5.69 Å². The second-order valence-electron chi connectivity index (χ2n) is 5.80. The van der Waals surface area contributed by atoms with Gasteiger partial charge < -0.3 is 5.73 Å². The van der Waals surface area contributed by atoms with Gasteiger partial charge >= 0.3 is 6.18 Å². The standard InChI is InChI=1S/C17H11ClF5N3O/c18-11-2-1-3-13-14(11)16(27)26(10-5-8(19)4-9(20)6-10)15(25-13)12(24)7-17(21,22)23/h1-6,12H,7,24H2/t12-/m0/s1. The van der Waals surface area contributed by atoms with E-state index in [9.17, 15) is 26.7 Å². The van der Waals surface area contributed by atoms with Crippen molar-refractivity contribution < 1.29 is 22.0 Å². The molecule has 27 heavy (non-hydrogen) atoms. The summed E-state index contributed by atoms with van der Waals surface area (Å²) in [5, 5.41) is -0.113. The number of alkyl halides is 3. The zero-order chi connectivity index (χ0) is 19.9. The lowest BCUT2D eigenvalue weighted by Crippen LogP contribution is -2.31. The first-order valence-electron chi connectivity index (χ1n) is 7.57. The fourth-order valence-corrected chi connectivity index (χ4v) is 2.96. The Morgan fingerprint density at radius 3 is 2.37 bits per heavy atom. The smallest absolute Gasteiger partial charge is 0.321 e. The van der Waals surface area contributed by atoms with Gasteiger partial charge in [0, 0.05) is 6.07 Å². The Kier molecular flexibility index (Phi) is 4.92. The number of fused-ring (bicyclic) bond motifs is 1. The van der Waals surface area contributed by atoms with E-state index in [0.29, 0.717) is 10.6 Å². The van der Waals surface area contributed by atoms with E-state index in [-0.39, 0.29) is 21.6 Å². The van der Waals surface area contributed by atoms with Gasteiger partial charge in [-0.2, -0.15) is 13.2 Å². The van der Waals surface area contributed by atoms with E-state index in [1.54, 1.807) is 0 Å². The number of benzene rings is 2. The molecule has 0 saturated carbocycles. The molecular formula is C17H11ClF5N3O. The van der Waals surface area contributed by atoms with Crippen LogP contribution in [0.4, 0.5) is 22.0 Å². The molecule has 0 radical (unpaired) electrons. The van der Waals surface area contributed by atoms with Crippen LogP contribution in [0.5, 0.6) is 0 Å². The van der Waals surface area contributed by atoms with Crippen LogP contribution in [0.15, 0.2) is 41.2 Å². The zero-order valence-corrected chi connectivity index (χ0v) is 14.2. The van der Waals surface area contributed by atoms with Crippen molar-refractivity contribution in [2.24, 2.45) is 5.73 Å². The van der Waals surface area contributed by atoms with Gasteiger partial charge in [-0.3, -0.25) is 9.36 Å². The summed E-state index contributed by atoms with van der Waals surface area (Å²) in [5.74, 6) is -2.53. The highest BCUT2D eigenvalue weighted by atomic mass is 35.5. The lowest BCUT2D eigenvalue weighted by atomic mass is 10.1. The summed E-state index contributed by atoms with van der Waals surface area (Å²) < 4.78 is 66.3. The average molecular weight is 404 g/mol. The number of hydrogen-bond acceptors (Lipinski definition) is 3. The van der Waals surface area contributed by atoms with Crippen molar-refractivity contribution in [1.82, 2.24) is 9.55 Å². The van der Waals surface area contributed by atoms with Gasteiger partial charge in [0.2, 0.25) is 0 Å². The van der Waals surface area contributed by atoms with Gasteiger partial charge in [-0.1, -0.05) is 17.7 Å². The topological polar surface area (TPSA) is 60.9 Å². The largest absolute Gasteiger partial charge is 0.391 e. The molecule has 2 N–H and O–H groups in total. The summed E-state index contributed by atoms with van der Waals surface area (Å²) in [4.78, 5) is 16.9. The molecule has 0 aliphatic carbocycles. The van der Waals surface area contributed by atoms with Crippen molar-refractivity contribution in [3.63, 3.8) is 0 Å². The molecule has 0 unspecified atom stereocenters. The summed E-state index contributed by atoms with van der Waals surface area (Å²) in [7, 11) is 0. The van der Waals surface area contributed by atoms with Crippen molar-refractivity contribution in [1.29, 1.82) is 0 Å². The van der Waals surface area contributed by atoms with Crippen LogP contribution < -0.4 is 11.3 Å². The van der Waals surface area contributed by atoms with Crippen molar-refractivity contribution in [2.75, 3.05) is 0 Å². The van der Waals surface area contributed by atoms with Gasteiger partial charge in [-0.25, -0.2) is 13.8 Å². The van der Waals surface area contributed by atoms with Gasteiger partial charge in [-0.05, 0) is 24.3 Å². The van der Waals surface area contributed by atoms with E-state index in [4.69, 9.17) is 17.3 Å². The molecule has 3 rings (SSSR count). The van der Waals surface area contributed by atoms with Crippen LogP contribution in [0.2, 0.25) is 5.02 Å². The maximum absolute atomic E-state index is 13.6. The number of aromatic nitrogens is 2. The van der Waals surface area contributed by atoms with E-state index in [1.807, 2.05) is 0 Å². The van der Waals surface area contributed by atoms with E-state index < -0.39 is 41.7 Å². The molecule has 10 heteroatoms. The van der Waals surface area contributed by atoms with Crippen LogP contribution >= 0.6 is 11.6 Å². The number of nitrogens with zero attached hydrogens (tertiary/aromatic N) is 2. The molecule has 0 amide bonds. The molecule has 0 fully saturated rings. The van der Waals surface area contributed by atoms with E-state index in [0.717, 1.165) is 12.1 Å². The van der Waals surface area contributed by atoms with Crippen molar-refractivity contribution >= 4 is 22.5 Å². The number of nitrogens with two attached hydrogens (primary N) is 1. The predicted octanol–water partition coefficient (Wildman–Crippen LogP) is 4.27. The minimum Gasteiger partial charge on any atom is -0.321 e. The SMILES string of the molecule is N[C@@H](CC(F)(F)F)c1nc2cccc(Cl)c2c(=O)n1-c1cc(F)cc(F)c1. The minimum absolute atomic E-state index is 0.00781. The molecule has 0 aliphatic rings. The van der Waals surface area contributed by atoms with Crippen LogP contribution in [0.25, 0.3) is 16.6 Å². The Balaban J connectivity index is 2.37. The normalized spacial score (nSPS) is 13.1. The molecule has 0 aliphatic heterocycles. The van der Waals surface area contributed by atoms with Crippen LogP contribution in [-0.2, 0) is 0 Å². The first-order chi connectivity index (χ1) is 12.6. The highest BCUT2D eigenvalue weighted by Crippen LogP contribution is 2.29. The Morgan fingerprint density at radius 2 is 1.78 bits per heavy atom. The van der Waals surface area contributed by atoms with Crippen molar-refractivity contribution in [2.45, 2.75) is 18.6 Å². The van der Waals surface area contributed by atoms with Gasteiger partial charge in [0.15, 0.2) is 0 Å². The molecule has 3 aromatic rings. The summed E-state index contributed by atoms with van der Waals surface area (Å²) >= 11 is 6.01. The molecule has 0 saturated heterocycles. The second-order valence-corrected chi connectivity index (χ2v) is 6.21.